The number of thioether (sulfide) groups is 1. The number of rotatable bonds is 6. The first-order valence-corrected chi connectivity index (χ1v) is 9.21. The van der Waals surface area contributed by atoms with Crippen LogP contribution < -0.4 is 14.8 Å². The molecule has 1 N–H and O–H groups in total. The predicted octanol–water partition coefficient (Wildman–Crippen LogP) is 3.53. The van der Waals surface area contributed by atoms with Crippen molar-refractivity contribution in [3.05, 3.63) is 59.1 Å². The van der Waals surface area contributed by atoms with Crippen LogP contribution in [0.3, 0.4) is 0 Å². The lowest BCUT2D eigenvalue weighted by atomic mass is 10.2. The zero-order chi connectivity index (χ0) is 16.8. The van der Waals surface area contributed by atoms with E-state index in [4.69, 9.17) is 21.1 Å². The molecule has 0 unspecified atom stereocenters. The minimum Gasteiger partial charge on any atom is -0.486 e. The molecule has 0 spiro atoms. The average molecular weight is 364 g/mol. The Bertz CT molecular complexity index is 710. The maximum Gasteiger partial charge on any atom is 0.230 e. The molecule has 0 aromatic heterocycles. The maximum atomic E-state index is 11.9. The Hall–Kier alpha value is -1.85. The summed E-state index contributed by atoms with van der Waals surface area (Å²) in [4.78, 5) is 11.9. The lowest BCUT2D eigenvalue weighted by Crippen LogP contribution is -2.41. The van der Waals surface area contributed by atoms with Gasteiger partial charge in [-0.1, -0.05) is 35.9 Å². The zero-order valence-electron chi connectivity index (χ0n) is 13.0. The molecule has 1 amide bonds. The van der Waals surface area contributed by atoms with E-state index in [2.05, 4.69) is 5.32 Å². The van der Waals surface area contributed by atoms with Crippen LogP contribution in [0.15, 0.2) is 48.5 Å². The zero-order valence-corrected chi connectivity index (χ0v) is 14.6. The second-order valence-corrected chi connectivity index (χ2v) is 6.85. The number of fused-ring (bicyclic) bond motifs is 1. The summed E-state index contributed by atoms with van der Waals surface area (Å²) >= 11 is 7.50. The highest BCUT2D eigenvalue weighted by Crippen LogP contribution is 2.30. The standard InChI is InChI=1S/C18H18ClNO3S/c19-14-5-3-4-13(8-14)11-24-12-18(21)20-9-15-10-22-16-6-1-2-7-17(16)23-15/h1-8,15H,9-12H2,(H,20,21)/t15-/m0/s1. The van der Waals surface area contributed by atoms with Gasteiger partial charge in [-0.3, -0.25) is 4.79 Å². The molecule has 3 rings (SSSR count). The fourth-order valence-corrected chi connectivity index (χ4v) is 3.35. The highest BCUT2D eigenvalue weighted by molar-refractivity contribution is 7.99. The number of amides is 1. The predicted molar refractivity (Wildman–Crippen MR) is 97.0 cm³/mol. The molecule has 2 aromatic carbocycles. The third-order valence-electron chi connectivity index (χ3n) is 3.49. The van der Waals surface area contributed by atoms with E-state index >= 15 is 0 Å². The van der Waals surface area contributed by atoms with Crippen LogP contribution in [0.4, 0.5) is 0 Å². The number of benzene rings is 2. The maximum absolute atomic E-state index is 11.9. The van der Waals surface area contributed by atoms with Gasteiger partial charge in [0, 0.05) is 10.8 Å². The van der Waals surface area contributed by atoms with E-state index in [1.54, 1.807) is 11.8 Å². The van der Waals surface area contributed by atoms with Gasteiger partial charge < -0.3 is 14.8 Å². The largest absolute Gasteiger partial charge is 0.486 e. The average Bonchev–Trinajstić information content (AvgIpc) is 2.60. The summed E-state index contributed by atoms with van der Waals surface area (Å²) in [6, 6.07) is 15.2. The SMILES string of the molecule is O=C(CSCc1cccc(Cl)c1)NC[C@H]1COc2ccccc2O1. The quantitative estimate of drug-likeness (QED) is 0.853. The van der Waals surface area contributed by atoms with E-state index in [1.807, 2.05) is 48.5 Å². The molecule has 0 bridgehead atoms. The molecule has 0 radical (unpaired) electrons. The number of carbonyl (C=O) groups excluding carboxylic acids is 1. The van der Waals surface area contributed by atoms with Crippen molar-refractivity contribution in [2.45, 2.75) is 11.9 Å². The van der Waals surface area contributed by atoms with Crippen molar-refractivity contribution in [3.8, 4) is 11.5 Å². The van der Waals surface area contributed by atoms with Gasteiger partial charge in [-0.25, -0.2) is 0 Å². The van der Waals surface area contributed by atoms with Gasteiger partial charge >= 0.3 is 0 Å². The van der Waals surface area contributed by atoms with Crippen LogP contribution in [0.25, 0.3) is 0 Å². The van der Waals surface area contributed by atoms with Crippen LogP contribution in [0.2, 0.25) is 5.02 Å². The van der Waals surface area contributed by atoms with Gasteiger partial charge in [0.15, 0.2) is 11.5 Å². The second kappa shape index (κ2) is 8.31. The molecule has 2 aromatic rings. The first-order valence-electron chi connectivity index (χ1n) is 7.68. The molecule has 0 aliphatic carbocycles. The summed E-state index contributed by atoms with van der Waals surface area (Å²) in [5.74, 6) is 2.61. The smallest absolute Gasteiger partial charge is 0.230 e. The fourth-order valence-electron chi connectivity index (χ4n) is 2.33. The Balaban J connectivity index is 1.37. The van der Waals surface area contributed by atoms with Crippen LogP contribution in [0, 0.1) is 0 Å². The molecule has 126 valence electrons. The van der Waals surface area contributed by atoms with Crippen molar-refractivity contribution in [1.82, 2.24) is 5.32 Å². The second-order valence-electron chi connectivity index (χ2n) is 5.42. The molecular weight excluding hydrogens is 346 g/mol. The number of para-hydroxylation sites is 2. The normalized spacial score (nSPS) is 15.8. The van der Waals surface area contributed by atoms with Crippen molar-refractivity contribution < 1.29 is 14.3 Å². The minimum absolute atomic E-state index is 0.00973. The highest BCUT2D eigenvalue weighted by Gasteiger charge is 2.20. The molecule has 0 saturated heterocycles. The van der Waals surface area contributed by atoms with Crippen molar-refractivity contribution in [3.63, 3.8) is 0 Å². The first kappa shape index (κ1) is 17.0. The Morgan fingerprint density at radius 1 is 1.21 bits per heavy atom. The lowest BCUT2D eigenvalue weighted by Gasteiger charge is -2.26. The molecule has 1 aliphatic heterocycles. The third-order valence-corrected chi connectivity index (χ3v) is 4.72. The first-order chi connectivity index (χ1) is 11.7. The Labute approximate surface area is 150 Å². The van der Waals surface area contributed by atoms with Gasteiger partial charge in [0.2, 0.25) is 5.91 Å². The fraction of sp³-hybridized carbons (Fsp3) is 0.278. The Morgan fingerprint density at radius 3 is 2.88 bits per heavy atom. The minimum atomic E-state index is -0.165. The van der Waals surface area contributed by atoms with Crippen LogP contribution in [-0.4, -0.2) is 30.9 Å². The third kappa shape index (κ3) is 4.82. The van der Waals surface area contributed by atoms with Gasteiger partial charge in [-0.15, -0.1) is 11.8 Å². The number of hydrogen-bond acceptors (Lipinski definition) is 4. The molecule has 0 fully saturated rings. The van der Waals surface area contributed by atoms with Gasteiger partial charge in [0.25, 0.3) is 0 Å². The van der Waals surface area contributed by atoms with E-state index in [1.165, 1.54) is 0 Å². The highest BCUT2D eigenvalue weighted by atomic mass is 35.5. The Kier molecular flexibility index (Phi) is 5.88. The van der Waals surface area contributed by atoms with E-state index in [0.717, 1.165) is 22.8 Å². The van der Waals surface area contributed by atoms with E-state index in [-0.39, 0.29) is 12.0 Å². The number of halogens is 1. The van der Waals surface area contributed by atoms with Crippen LogP contribution >= 0.6 is 23.4 Å². The summed E-state index contributed by atoms with van der Waals surface area (Å²) in [5.41, 5.74) is 1.11. The summed E-state index contributed by atoms with van der Waals surface area (Å²) < 4.78 is 11.4. The number of carbonyl (C=O) groups is 1. The molecule has 1 aliphatic rings. The molecule has 1 heterocycles. The van der Waals surface area contributed by atoms with Crippen molar-refractivity contribution in [1.29, 1.82) is 0 Å². The van der Waals surface area contributed by atoms with Crippen molar-refractivity contribution in [2.24, 2.45) is 0 Å². The summed E-state index contributed by atoms with van der Waals surface area (Å²) in [5, 5.41) is 3.61. The van der Waals surface area contributed by atoms with Crippen LogP contribution in [0.1, 0.15) is 5.56 Å². The van der Waals surface area contributed by atoms with Crippen molar-refractivity contribution in [2.75, 3.05) is 18.9 Å². The number of nitrogens with one attached hydrogen (secondary N) is 1. The van der Waals surface area contributed by atoms with E-state index in [0.29, 0.717) is 23.9 Å². The summed E-state index contributed by atoms with van der Waals surface area (Å²) in [6.45, 7) is 0.873. The van der Waals surface area contributed by atoms with Gasteiger partial charge in [0.1, 0.15) is 12.7 Å². The van der Waals surface area contributed by atoms with Gasteiger partial charge in [-0.05, 0) is 29.8 Å². The van der Waals surface area contributed by atoms with Gasteiger partial charge in [0.05, 0.1) is 12.3 Å². The molecule has 1 atom stereocenters. The summed E-state index contributed by atoms with van der Waals surface area (Å²) in [7, 11) is 0. The van der Waals surface area contributed by atoms with E-state index in [9.17, 15) is 4.79 Å². The van der Waals surface area contributed by atoms with Crippen LogP contribution in [0.5, 0.6) is 11.5 Å². The molecule has 24 heavy (non-hydrogen) atoms. The number of ether oxygens (including phenoxy) is 2. The van der Waals surface area contributed by atoms with Crippen molar-refractivity contribution >= 4 is 29.3 Å². The molecular formula is C18H18ClNO3S. The molecule has 6 heteroatoms. The van der Waals surface area contributed by atoms with Gasteiger partial charge in [-0.2, -0.15) is 0 Å². The van der Waals surface area contributed by atoms with Crippen LogP contribution in [-0.2, 0) is 10.5 Å². The topological polar surface area (TPSA) is 47.6 Å². The van der Waals surface area contributed by atoms with E-state index < -0.39 is 0 Å². The monoisotopic (exact) mass is 363 g/mol. The molecule has 0 saturated carbocycles. The lowest BCUT2D eigenvalue weighted by molar-refractivity contribution is -0.119. The number of hydrogen-bond donors (Lipinski definition) is 1. The summed E-state index contributed by atoms with van der Waals surface area (Å²) in [6.07, 6.45) is -0.165. The molecule has 4 nitrogen and oxygen atoms in total. The Morgan fingerprint density at radius 2 is 2.04 bits per heavy atom.